The summed E-state index contributed by atoms with van der Waals surface area (Å²) in [4.78, 5) is 7.26. The highest BCUT2D eigenvalue weighted by Gasteiger charge is 2.21. The van der Waals surface area contributed by atoms with E-state index in [-0.39, 0.29) is 0 Å². The second-order valence-electron chi connectivity index (χ2n) is 4.63. The Labute approximate surface area is 108 Å². The van der Waals surface area contributed by atoms with Gasteiger partial charge in [-0.25, -0.2) is 4.98 Å². The van der Waals surface area contributed by atoms with Gasteiger partial charge in [-0.1, -0.05) is 25.1 Å². The lowest BCUT2D eigenvalue weighted by Crippen LogP contribution is -2.35. The zero-order valence-electron chi connectivity index (χ0n) is 10.2. The average Bonchev–Trinajstić information content (AvgIpc) is 2.54. The quantitative estimate of drug-likeness (QED) is 0.818. The van der Waals surface area contributed by atoms with Gasteiger partial charge >= 0.3 is 0 Å². The van der Waals surface area contributed by atoms with Gasteiger partial charge in [0.15, 0.2) is 0 Å². The highest BCUT2D eigenvalue weighted by atomic mass is 32.1. The highest BCUT2D eigenvalue weighted by Crippen LogP contribution is 2.25. The van der Waals surface area contributed by atoms with Crippen molar-refractivity contribution in [3.8, 4) is 0 Å². The van der Waals surface area contributed by atoms with Gasteiger partial charge in [-0.2, -0.15) is 0 Å². The Morgan fingerprint density at radius 2 is 2.29 bits per heavy atom. The van der Waals surface area contributed by atoms with Crippen molar-refractivity contribution < 1.29 is 0 Å². The van der Waals surface area contributed by atoms with Crippen molar-refractivity contribution >= 4 is 23.0 Å². The molecule has 1 aliphatic heterocycles. The first kappa shape index (κ1) is 12.3. The number of rotatable bonds is 2. The van der Waals surface area contributed by atoms with Crippen LogP contribution in [0, 0.1) is 0 Å². The molecule has 1 aromatic heterocycles. The van der Waals surface area contributed by atoms with Gasteiger partial charge in [0.2, 0.25) is 0 Å². The maximum atomic E-state index is 5.77. The second-order valence-corrected chi connectivity index (χ2v) is 5.07. The molecule has 0 aromatic carbocycles. The molecule has 0 amide bonds. The van der Waals surface area contributed by atoms with Crippen LogP contribution < -0.4 is 10.6 Å². The van der Waals surface area contributed by atoms with Gasteiger partial charge in [-0.3, -0.25) is 0 Å². The van der Waals surface area contributed by atoms with Gasteiger partial charge in [0.1, 0.15) is 10.8 Å². The van der Waals surface area contributed by atoms with Gasteiger partial charge in [0.05, 0.1) is 5.56 Å². The predicted octanol–water partition coefficient (Wildman–Crippen LogP) is 2.48. The lowest BCUT2D eigenvalue weighted by molar-refractivity contribution is 0.611. The van der Waals surface area contributed by atoms with E-state index >= 15 is 0 Å². The van der Waals surface area contributed by atoms with Crippen LogP contribution in [-0.4, -0.2) is 22.6 Å². The average molecular weight is 249 g/mol. The maximum Gasteiger partial charge on any atom is 0.139 e. The zero-order chi connectivity index (χ0) is 12.3. The molecule has 17 heavy (non-hydrogen) atoms. The molecule has 2 N–H and O–H groups in total. The third-order valence-corrected chi connectivity index (χ3v) is 3.60. The highest BCUT2D eigenvalue weighted by molar-refractivity contribution is 7.80. The summed E-state index contributed by atoms with van der Waals surface area (Å²) >= 11 is 5.10. The summed E-state index contributed by atoms with van der Waals surface area (Å²) in [7, 11) is 0. The second kappa shape index (κ2) is 5.45. The van der Waals surface area contributed by atoms with Crippen LogP contribution in [0.25, 0.3) is 0 Å². The van der Waals surface area contributed by atoms with Crippen LogP contribution in [0.5, 0.6) is 0 Å². The number of nitrogens with zero attached hydrogens (tertiary/aromatic N) is 2. The lowest BCUT2D eigenvalue weighted by Gasteiger charge is -2.29. The molecule has 0 radical (unpaired) electrons. The minimum atomic E-state index is 0.435. The van der Waals surface area contributed by atoms with Crippen molar-refractivity contribution in [2.24, 2.45) is 5.73 Å². The van der Waals surface area contributed by atoms with Crippen LogP contribution in [-0.2, 0) is 0 Å². The third-order valence-electron chi connectivity index (χ3n) is 3.38. The predicted molar refractivity (Wildman–Crippen MR) is 75.4 cm³/mol. The van der Waals surface area contributed by atoms with E-state index in [1.807, 2.05) is 18.3 Å². The Hall–Kier alpha value is -1.16. The zero-order valence-corrected chi connectivity index (χ0v) is 11.0. The molecule has 2 heterocycles. The Bertz CT molecular complexity index is 405. The summed E-state index contributed by atoms with van der Waals surface area (Å²) in [5.74, 6) is 0.953. The summed E-state index contributed by atoms with van der Waals surface area (Å²) in [6.45, 7) is 3.30. The number of nitrogens with two attached hydrogens (primary N) is 1. The molecular weight excluding hydrogens is 230 g/mol. The van der Waals surface area contributed by atoms with Gasteiger partial charge in [0, 0.05) is 18.8 Å². The van der Waals surface area contributed by atoms with Crippen LogP contribution in [0.3, 0.4) is 0 Å². The monoisotopic (exact) mass is 249 g/mol. The van der Waals surface area contributed by atoms with E-state index < -0.39 is 0 Å². The molecule has 4 heteroatoms. The standard InChI is InChI=1S/C13H19N3S/c1-10-6-3-2-4-9-16(10)13-11(12(14)17)7-5-8-15-13/h5,7-8,10H,2-4,6,9H2,1H3,(H2,14,17). The van der Waals surface area contributed by atoms with Crippen molar-refractivity contribution in [3.63, 3.8) is 0 Å². The normalized spacial score (nSPS) is 21.0. The van der Waals surface area contributed by atoms with Crippen molar-refractivity contribution in [3.05, 3.63) is 23.9 Å². The van der Waals surface area contributed by atoms with E-state index in [0.29, 0.717) is 11.0 Å². The van der Waals surface area contributed by atoms with Gasteiger partial charge in [-0.05, 0) is 31.9 Å². The fraction of sp³-hybridized carbons (Fsp3) is 0.538. The molecule has 0 aliphatic carbocycles. The Kier molecular flexibility index (Phi) is 3.94. The van der Waals surface area contributed by atoms with Crippen molar-refractivity contribution in [1.82, 2.24) is 4.98 Å². The van der Waals surface area contributed by atoms with E-state index in [0.717, 1.165) is 17.9 Å². The molecule has 0 saturated carbocycles. The smallest absolute Gasteiger partial charge is 0.139 e. The molecule has 1 aliphatic rings. The number of aromatic nitrogens is 1. The van der Waals surface area contributed by atoms with E-state index in [2.05, 4.69) is 16.8 Å². The van der Waals surface area contributed by atoms with Crippen LogP contribution in [0.4, 0.5) is 5.82 Å². The minimum Gasteiger partial charge on any atom is -0.389 e. The SMILES string of the molecule is CC1CCCCCN1c1ncccc1C(N)=S. The van der Waals surface area contributed by atoms with E-state index in [1.165, 1.54) is 25.7 Å². The van der Waals surface area contributed by atoms with E-state index in [9.17, 15) is 0 Å². The fourth-order valence-electron chi connectivity index (χ4n) is 2.41. The summed E-state index contributed by atoms with van der Waals surface area (Å²) < 4.78 is 0. The molecule has 1 aromatic rings. The summed E-state index contributed by atoms with van der Waals surface area (Å²) in [6, 6.07) is 4.36. The van der Waals surface area contributed by atoms with Crippen molar-refractivity contribution in [2.75, 3.05) is 11.4 Å². The minimum absolute atomic E-state index is 0.435. The van der Waals surface area contributed by atoms with E-state index in [1.54, 1.807) is 0 Å². The largest absolute Gasteiger partial charge is 0.389 e. The molecular formula is C13H19N3S. The van der Waals surface area contributed by atoms with Gasteiger partial charge < -0.3 is 10.6 Å². The topological polar surface area (TPSA) is 42.2 Å². The van der Waals surface area contributed by atoms with Crippen molar-refractivity contribution in [1.29, 1.82) is 0 Å². The Morgan fingerprint density at radius 1 is 1.47 bits per heavy atom. The summed E-state index contributed by atoms with van der Waals surface area (Å²) in [5.41, 5.74) is 6.67. The van der Waals surface area contributed by atoms with E-state index in [4.69, 9.17) is 18.0 Å². The van der Waals surface area contributed by atoms with Crippen molar-refractivity contribution in [2.45, 2.75) is 38.6 Å². The number of hydrogen-bond acceptors (Lipinski definition) is 3. The molecule has 1 saturated heterocycles. The molecule has 3 nitrogen and oxygen atoms in total. The number of hydrogen-bond donors (Lipinski definition) is 1. The van der Waals surface area contributed by atoms with Gasteiger partial charge in [-0.15, -0.1) is 0 Å². The third kappa shape index (κ3) is 2.75. The molecule has 92 valence electrons. The first-order valence-corrected chi connectivity index (χ1v) is 6.62. The van der Waals surface area contributed by atoms with Crippen LogP contribution in [0.15, 0.2) is 18.3 Å². The van der Waals surface area contributed by atoms with Crippen LogP contribution in [0.1, 0.15) is 38.2 Å². The van der Waals surface area contributed by atoms with Crippen LogP contribution >= 0.6 is 12.2 Å². The molecule has 1 fully saturated rings. The Morgan fingerprint density at radius 3 is 3.06 bits per heavy atom. The molecule has 0 spiro atoms. The first-order chi connectivity index (χ1) is 8.20. The Balaban J connectivity index is 2.34. The number of thiocarbonyl (C=S) groups is 1. The molecule has 1 unspecified atom stereocenters. The molecule has 1 atom stereocenters. The lowest BCUT2D eigenvalue weighted by atomic mass is 10.1. The number of anilines is 1. The molecule has 2 rings (SSSR count). The first-order valence-electron chi connectivity index (χ1n) is 6.21. The summed E-state index contributed by atoms with van der Waals surface area (Å²) in [5, 5.41) is 0. The number of pyridine rings is 1. The summed E-state index contributed by atoms with van der Waals surface area (Å²) in [6.07, 6.45) is 6.85. The molecule has 0 bridgehead atoms. The van der Waals surface area contributed by atoms with Gasteiger partial charge in [0.25, 0.3) is 0 Å². The fourth-order valence-corrected chi connectivity index (χ4v) is 2.57. The maximum absolute atomic E-state index is 5.77. The van der Waals surface area contributed by atoms with Crippen LogP contribution in [0.2, 0.25) is 0 Å².